The van der Waals surface area contributed by atoms with Gasteiger partial charge in [0, 0.05) is 10.4 Å². The highest BCUT2D eigenvalue weighted by Crippen LogP contribution is 2.15. The zero-order valence-electron chi connectivity index (χ0n) is 43.7. The minimum atomic E-state index is -0.211. The number of nitriles is 8. The Bertz CT molecular complexity index is 3680. The lowest BCUT2D eigenvalue weighted by molar-refractivity contribution is 0.231. The molecule has 0 radical (unpaired) electrons. The van der Waals surface area contributed by atoms with Gasteiger partial charge in [-0.25, -0.2) is 80.9 Å². The van der Waals surface area contributed by atoms with Gasteiger partial charge in [0.05, 0.1) is 113 Å². The molecule has 0 saturated carbocycles. The molecule has 18 nitrogen and oxygen atoms in total. The molecule has 0 atom stereocenters. The van der Waals surface area contributed by atoms with Gasteiger partial charge in [-0.05, 0) is 113 Å². The van der Waals surface area contributed by atoms with Gasteiger partial charge in [-0.15, -0.1) is 0 Å². The van der Waals surface area contributed by atoms with Crippen molar-refractivity contribution >= 4 is 45.6 Å². The van der Waals surface area contributed by atoms with E-state index in [9.17, 15) is 10.5 Å². The number of benzene rings is 4. The molecule has 0 amide bonds. The lowest BCUT2D eigenvalue weighted by Gasteiger charge is -2.15. The SMILES string of the molecule is [C-]#[N+]/C(C#N)=c1/cc(C)/c(=C(\C#N)[N+]#[C-])cc1C.[C-]#[N+]/C(C#N)=c1/cc(C)/c(=C(\C#N)[N+]#[C-])cc1C.[C-]#[N+]/C(C#N)=c1/cc(C)/c(=C(\C#N)[N+]#[C-])cc1C.[C-]#[N+]/C(C#N)=c1/cc(OC(C)C)/c(=C(\C#N)[N+]#[C-])cc1OC(C)C. The molecule has 0 heterocycles. The van der Waals surface area contributed by atoms with E-state index in [1.807, 2.05) is 48.6 Å². The molecule has 0 unspecified atom stereocenters. The Labute approximate surface area is 451 Å². The van der Waals surface area contributed by atoms with E-state index in [0.29, 0.717) is 64.7 Å². The number of hydrogen-bond donors (Lipinski definition) is 0. The molecule has 78 heavy (non-hydrogen) atoms. The van der Waals surface area contributed by atoms with E-state index >= 15 is 0 Å². The van der Waals surface area contributed by atoms with Crippen LogP contribution < -0.4 is 51.2 Å². The van der Waals surface area contributed by atoms with E-state index in [0.717, 1.165) is 0 Å². The second-order valence-electron chi connectivity index (χ2n) is 16.2. The van der Waals surface area contributed by atoms with Crippen molar-refractivity contribution in [2.75, 3.05) is 0 Å². The van der Waals surface area contributed by atoms with Crippen molar-refractivity contribution in [3.05, 3.63) is 215 Å². The maximum absolute atomic E-state index is 9.18. The molecule has 0 N–H and O–H groups in total. The van der Waals surface area contributed by atoms with E-state index in [2.05, 4.69) is 38.8 Å². The van der Waals surface area contributed by atoms with Crippen LogP contribution in [0.1, 0.15) is 61.1 Å². The van der Waals surface area contributed by atoms with Crippen molar-refractivity contribution in [2.45, 2.75) is 81.4 Å². The van der Waals surface area contributed by atoms with E-state index in [4.69, 9.17) is 93.6 Å². The first-order valence-electron chi connectivity index (χ1n) is 22.2. The van der Waals surface area contributed by atoms with Crippen LogP contribution in [0.3, 0.4) is 0 Å². The largest absolute Gasteiger partial charge is 0.492 e. The summed E-state index contributed by atoms with van der Waals surface area (Å²) in [5.74, 6) is 0.528. The summed E-state index contributed by atoms with van der Waals surface area (Å²) >= 11 is 0. The average molecular weight is 1020 g/mol. The smallest absolute Gasteiger partial charge is 0.272 e. The number of rotatable bonds is 4. The minimum Gasteiger partial charge on any atom is -0.492 e. The number of ether oxygens (including phenoxy) is 2. The first-order valence-corrected chi connectivity index (χ1v) is 22.2. The molecular formula is C60H40N16O2. The quantitative estimate of drug-likeness (QED) is 0.199. The van der Waals surface area contributed by atoms with Gasteiger partial charge in [0.25, 0.3) is 45.6 Å². The highest BCUT2D eigenvalue weighted by Gasteiger charge is 2.14. The maximum Gasteiger partial charge on any atom is 0.272 e. The molecule has 372 valence electrons. The molecule has 0 bridgehead atoms. The highest BCUT2D eigenvalue weighted by atomic mass is 16.5. The summed E-state index contributed by atoms with van der Waals surface area (Å²) in [5.41, 5.74) is 4.06. The van der Waals surface area contributed by atoms with Crippen LogP contribution in [0.5, 0.6) is 11.5 Å². The van der Waals surface area contributed by atoms with Gasteiger partial charge in [0.2, 0.25) is 0 Å². The molecule has 0 fully saturated rings. The van der Waals surface area contributed by atoms with Crippen LogP contribution in [0.4, 0.5) is 0 Å². The molecule has 4 aromatic carbocycles. The van der Waals surface area contributed by atoms with Crippen molar-refractivity contribution < 1.29 is 9.47 Å². The summed E-state index contributed by atoms with van der Waals surface area (Å²) in [5, 5.41) is 75.4. The second kappa shape index (κ2) is 30.9. The average Bonchev–Trinajstić information content (AvgIpc) is 3.41. The Morgan fingerprint density at radius 2 is 0.436 bits per heavy atom. The van der Waals surface area contributed by atoms with Gasteiger partial charge in [-0.2, -0.15) is 0 Å². The van der Waals surface area contributed by atoms with Crippen LogP contribution in [-0.4, -0.2) is 12.2 Å². The lowest BCUT2D eigenvalue weighted by atomic mass is 10.0. The fourth-order valence-electron chi connectivity index (χ4n) is 6.78. The summed E-state index contributed by atoms with van der Waals surface area (Å²) in [4.78, 5) is 25.4. The van der Waals surface area contributed by atoms with E-state index in [-0.39, 0.29) is 79.7 Å². The lowest BCUT2D eigenvalue weighted by Crippen LogP contribution is -2.23. The molecule has 4 aromatic rings. The van der Waals surface area contributed by atoms with Crippen LogP contribution in [0.25, 0.3) is 84.3 Å². The molecule has 0 spiro atoms. The van der Waals surface area contributed by atoms with Crippen molar-refractivity contribution in [3.63, 3.8) is 0 Å². The Hall–Kier alpha value is -12.7. The van der Waals surface area contributed by atoms with Crippen LogP contribution in [0.15, 0.2) is 48.5 Å². The first kappa shape index (κ1) is 63.3. The minimum absolute atomic E-state index is 0.0171. The highest BCUT2D eigenvalue weighted by molar-refractivity contribution is 5.74. The van der Waals surface area contributed by atoms with E-state index < -0.39 is 0 Å². The normalized spacial score (nSPS) is 12.4. The monoisotopic (exact) mass is 1020 g/mol. The third kappa shape index (κ3) is 16.2. The van der Waals surface area contributed by atoms with Gasteiger partial charge in [-0.3, -0.25) is 0 Å². The summed E-state index contributed by atoms with van der Waals surface area (Å²) in [6.07, 6.45) is -0.421. The summed E-state index contributed by atoms with van der Waals surface area (Å²) < 4.78 is 11.3. The third-order valence-electron chi connectivity index (χ3n) is 10.3. The topological polar surface area (TPSA) is 244 Å². The van der Waals surface area contributed by atoms with Crippen LogP contribution in [0, 0.1) is 185 Å². The molecule has 0 saturated heterocycles. The predicted molar refractivity (Wildman–Crippen MR) is 288 cm³/mol. The number of aryl methyl sites for hydroxylation is 6. The van der Waals surface area contributed by atoms with Gasteiger partial charge in [0.15, 0.2) is 0 Å². The van der Waals surface area contributed by atoms with Crippen molar-refractivity contribution in [3.8, 4) is 60.1 Å². The number of nitrogens with zero attached hydrogens (tertiary/aromatic N) is 16. The third-order valence-corrected chi connectivity index (χ3v) is 10.3. The molecule has 18 heteroatoms. The zero-order valence-corrected chi connectivity index (χ0v) is 43.7. The van der Waals surface area contributed by atoms with Crippen molar-refractivity contribution in [1.82, 2.24) is 0 Å². The summed E-state index contributed by atoms with van der Waals surface area (Å²) in [6, 6.07) is 27.7. The van der Waals surface area contributed by atoms with Gasteiger partial charge in [0.1, 0.15) is 11.5 Å². The molecule has 0 aliphatic rings. The van der Waals surface area contributed by atoms with Crippen molar-refractivity contribution in [2.24, 2.45) is 0 Å². The van der Waals surface area contributed by atoms with E-state index in [1.54, 1.807) is 106 Å². The Morgan fingerprint density at radius 1 is 0.295 bits per heavy atom. The van der Waals surface area contributed by atoms with Crippen LogP contribution in [-0.2, 0) is 0 Å². The fourth-order valence-corrected chi connectivity index (χ4v) is 6.78. The number of hydrogen-bond acceptors (Lipinski definition) is 10. The first-order chi connectivity index (χ1) is 37.1. The molecule has 4 rings (SSSR count). The summed E-state index contributed by atoms with van der Waals surface area (Å²) in [7, 11) is 0. The van der Waals surface area contributed by atoms with Crippen molar-refractivity contribution in [1.29, 1.82) is 42.1 Å². The second-order valence-corrected chi connectivity index (χ2v) is 16.2. The van der Waals surface area contributed by atoms with E-state index in [1.165, 1.54) is 12.1 Å². The van der Waals surface area contributed by atoms with Crippen LogP contribution in [0.2, 0.25) is 0 Å². The zero-order chi connectivity index (χ0) is 59.4. The Balaban J connectivity index is 0.000000524. The fraction of sp³-hybridized carbons (Fsp3) is 0.200. The molecule has 0 aliphatic carbocycles. The van der Waals surface area contributed by atoms with Gasteiger partial charge in [-0.1, -0.05) is 69.8 Å². The Kier molecular flexibility index (Phi) is 25.1. The maximum atomic E-state index is 9.18. The molecular weight excluding hydrogens is 977 g/mol. The standard InChI is InChI=1S/C18H16N4O2.3C14H8N4/c1-11(2)23-17-7-14(16(10-20)22-6)18(24-12(3)4)8-13(17)15(9-19)21-5;3*1-9-5-12(14(8-16)18-4)10(2)6-11(9)13(7-15)17-3/h7-8,11-12H,1-4H3;3*5-6H,1-2H3/b15-13-,16-14+;3*13-11-,14-12+. The summed E-state index contributed by atoms with van der Waals surface area (Å²) in [6.45, 7) is 73.6. The van der Waals surface area contributed by atoms with Gasteiger partial charge >= 0.3 is 0 Å². The Morgan fingerprint density at radius 3 is 0.551 bits per heavy atom. The predicted octanol–water partition coefficient (Wildman–Crippen LogP) is 6.58. The molecule has 0 aliphatic heterocycles. The molecule has 0 aromatic heterocycles. The van der Waals surface area contributed by atoms with Gasteiger partial charge < -0.3 is 9.47 Å². The van der Waals surface area contributed by atoms with Crippen LogP contribution >= 0.6 is 0 Å².